The lowest BCUT2D eigenvalue weighted by Gasteiger charge is -2.36. The van der Waals surface area contributed by atoms with Crippen molar-refractivity contribution in [3.63, 3.8) is 0 Å². The first-order valence-corrected chi connectivity index (χ1v) is 5.90. The van der Waals surface area contributed by atoms with E-state index < -0.39 is 5.97 Å². The Labute approximate surface area is 98.2 Å². The number of carbonyl (C=O) groups is 1. The summed E-state index contributed by atoms with van der Waals surface area (Å²) in [6.45, 7) is 10.8. The Bertz CT molecular complexity index is 260. The highest BCUT2D eigenvalue weighted by molar-refractivity contribution is 5.70. The number of hydrogen-bond donors (Lipinski definition) is 1. The summed E-state index contributed by atoms with van der Waals surface area (Å²) in [5.74, 6) is -0.968. The second-order valence-electron chi connectivity index (χ2n) is 5.90. The van der Waals surface area contributed by atoms with Crippen molar-refractivity contribution >= 4 is 5.97 Å². The van der Waals surface area contributed by atoms with Crippen molar-refractivity contribution in [3.8, 4) is 0 Å². The predicted octanol–water partition coefficient (Wildman–Crippen LogP) is 1.12. The Hall–Kier alpha value is -0.610. The fourth-order valence-corrected chi connectivity index (χ4v) is 2.09. The first-order chi connectivity index (χ1) is 7.21. The Morgan fingerprint density at radius 3 is 2.25 bits per heavy atom. The lowest BCUT2D eigenvalue weighted by Crippen LogP contribution is -2.47. The molecule has 1 saturated heterocycles. The van der Waals surface area contributed by atoms with Crippen LogP contribution in [0.3, 0.4) is 0 Å². The van der Waals surface area contributed by atoms with Crippen molar-refractivity contribution < 1.29 is 9.90 Å². The minimum Gasteiger partial charge on any atom is -0.481 e. The molecule has 0 aromatic rings. The number of aliphatic carboxylic acids is 1. The van der Waals surface area contributed by atoms with Gasteiger partial charge in [-0.1, -0.05) is 0 Å². The maximum absolute atomic E-state index is 11.2. The largest absolute Gasteiger partial charge is 0.481 e. The quantitative estimate of drug-likeness (QED) is 0.730. The first-order valence-electron chi connectivity index (χ1n) is 5.90. The monoisotopic (exact) mass is 228 g/mol. The molecular formula is C12H24N2O2. The lowest BCUT2D eigenvalue weighted by molar-refractivity contribution is -0.142. The molecule has 0 saturated carbocycles. The minimum absolute atomic E-state index is 0.0349. The number of rotatable bonds is 1. The number of likely N-dealkylation sites (N-methyl/N-ethyl adjacent to an activating group) is 1. The third-order valence-corrected chi connectivity index (χ3v) is 3.48. The van der Waals surface area contributed by atoms with Crippen molar-refractivity contribution in [1.29, 1.82) is 0 Å². The molecule has 16 heavy (non-hydrogen) atoms. The van der Waals surface area contributed by atoms with Gasteiger partial charge in [-0.15, -0.1) is 0 Å². The highest BCUT2D eigenvalue weighted by atomic mass is 16.4. The van der Waals surface area contributed by atoms with E-state index >= 15 is 0 Å². The van der Waals surface area contributed by atoms with Crippen LogP contribution in [0.2, 0.25) is 0 Å². The van der Waals surface area contributed by atoms with E-state index in [1.54, 1.807) is 0 Å². The fraction of sp³-hybridized carbons (Fsp3) is 0.917. The van der Waals surface area contributed by atoms with Gasteiger partial charge in [-0.3, -0.25) is 9.69 Å². The van der Waals surface area contributed by atoms with Crippen LogP contribution >= 0.6 is 0 Å². The first kappa shape index (κ1) is 13.5. The van der Waals surface area contributed by atoms with Gasteiger partial charge in [0.1, 0.15) is 0 Å². The highest BCUT2D eigenvalue weighted by Gasteiger charge is 2.33. The second kappa shape index (κ2) is 4.72. The van der Waals surface area contributed by atoms with E-state index in [1.807, 2.05) is 7.05 Å². The average Bonchev–Trinajstić information content (AvgIpc) is 2.26. The molecule has 0 radical (unpaired) electrons. The van der Waals surface area contributed by atoms with E-state index in [0.717, 1.165) is 6.54 Å². The van der Waals surface area contributed by atoms with Crippen molar-refractivity contribution in [2.45, 2.75) is 39.3 Å². The zero-order chi connectivity index (χ0) is 12.5. The normalized spacial score (nSPS) is 30.1. The molecule has 4 heteroatoms. The summed E-state index contributed by atoms with van der Waals surface area (Å²) >= 11 is 0. The molecule has 1 aliphatic rings. The number of carboxylic acid groups (broad SMARTS) is 1. The number of hydrogen-bond acceptors (Lipinski definition) is 3. The van der Waals surface area contributed by atoms with E-state index in [1.165, 1.54) is 0 Å². The molecule has 94 valence electrons. The summed E-state index contributed by atoms with van der Waals surface area (Å²) < 4.78 is 0. The van der Waals surface area contributed by atoms with Gasteiger partial charge in [0.25, 0.3) is 0 Å². The molecule has 1 heterocycles. The molecule has 0 spiro atoms. The predicted molar refractivity (Wildman–Crippen MR) is 64.5 cm³/mol. The van der Waals surface area contributed by atoms with Gasteiger partial charge in [0.2, 0.25) is 0 Å². The third kappa shape index (κ3) is 3.19. The van der Waals surface area contributed by atoms with E-state index in [0.29, 0.717) is 19.1 Å². The van der Waals surface area contributed by atoms with Gasteiger partial charge in [0.05, 0.1) is 5.92 Å². The standard InChI is InChI=1S/C12H24N2O2/c1-9-6-14(12(2,3)4)8-10(11(15)16)7-13(9)5/h9-10H,6-8H2,1-5H3,(H,15,16). The fourth-order valence-electron chi connectivity index (χ4n) is 2.09. The van der Waals surface area contributed by atoms with Crippen LogP contribution in [0.1, 0.15) is 27.7 Å². The van der Waals surface area contributed by atoms with Crippen molar-refractivity contribution in [1.82, 2.24) is 9.80 Å². The molecule has 4 nitrogen and oxygen atoms in total. The maximum Gasteiger partial charge on any atom is 0.309 e. The summed E-state index contributed by atoms with van der Waals surface area (Å²) in [6.07, 6.45) is 0. The van der Waals surface area contributed by atoms with Crippen molar-refractivity contribution in [2.24, 2.45) is 5.92 Å². The van der Waals surface area contributed by atoms with Gasteiger partial charge >= 0.3 is 5.97 Å². The molecule has 0 aliphatic carbocycles. The van der Waals surface area contributed by atoms with Gasteiger partial charge in [-0.25, -0.2) is 0 Å². The molecule has 0 amide bonds. The minimum atomic E-state index is -0.685. The van der Waals surface area contributed by atoms with Crippen LogP contribution in [0.4, 0.5) is 0 Å². The Balaban J connectivity index is 2.84. The molecule has 1 fully saturated rings. The van der Waals surface area contributed by atoms with Gasteiger partial charge in [-0.2, -0.15) is 0 Å². The zero-order valence-electron chi connectivity index (χ0n) is 11.0. The summed E-state index contributed by atoms with van der Waals surface area (Å²) in [5, 5.41) is 9.20. The number of nitrogens with zero attached hydrogens (tertiary/aromatic N) is 2. The summed E-state index contributed by atoms with van der Waals surface area (Å²) in [5.41, 5.74) is 0.0349. The van der Waals surface area contributed by atoms with Crippen LogP contribution in [-0.4, -0.2) is 59.1 Å². The molecule has 1 N–H and O–H groups in total. The highest BCUT2D eigenvalue weighted by Crippen LogP contribution is 2.21. The van der Waals surface area contributed by atoms with Crippen LogP contribution in [0.15, 0.2) is 0 Å². The Morgan fingerprint density at radius 1 is 1.25 bits per heavy atom. The van der Waals surface area contributed by atoms with Crippen LogP contribution in [0.25, 0.3) is 0 Å². The van der Waals surface area contributed by atoms with Crippen molar-refractivity contribution in [2.75, 3.05) is 26.7 Å². The summed E-state index contributed by atoms with van der Waals surface area (Å²) in [7, 11) is 2.01. The van der Waals surface area contributed by atoms with E-state index in [-0.39, 0.29) is 11.5 Å². The topological polar surface area (TPSA) is 43.8 Å². The average molecular weight is 228 g/mol. The Morgan fingerprint density at radius 2 is 1.81 bits per heavy atom. The van der Waals surface area contributed by atoms with Crippen LogP contribution in [0.5, 0.6) is 0 Å². The SMILES string of the molecule is CC1CN(C(C)(C)C)CC(C(=O)O)CN1C. The molecule has 1 aliphatic heterocycles. The third-order valence-electron chi connectivity index (χ3n) is 3.48. The molecule has 1 rings (SSSR count). The van der Waals surface area contributed by atoms with Crippen molar-refractivity contribution in [3.05, 3.63) is 0 Å². The summed E-state index contributed by atoms with van der Waals surface area (Å²) in [4.78, 5) is 15.6. The van der Waals surface area contributed by atoms with Gasteiger partial charge in [0.15, 0.2) is 0 Å². The van der Waals surface area contributed by atoms with Crippen LogP contribution in [-0.2, 0) is 4.79 Å². The molecule has 2 unspecified atom stereocenters. The lowest BCUT2D eigenvalue weighted by atomic mass is 10.0. The van der Waals surface area contributed by atoms with Gasteiger partial charge in [0, 0.05) is 31.2 Å². The molecule has 2 atom stereocenters. The van der Waals surface area contributed by atoms with E-state index in [4.69, 9.17) is 0 Å². The van der Waals surface area contributed by atoms with E-state index in [2.05, 4.69) is 37.5 Å². The van der Waals surface area contributed by atoms with Gasteiger partial charge < -0.3 is 10.0 Å². The smallest absolute Gasteiger partial charge is 0.309 e. The molecule has 0 aromatic carbocycles. The summed E-state index contributed by atoms with van der Waals surface area (Å²) in [6, 6.07) is 0.406. The second-order valence-corrected chi connectivity index (χ2v) is 5.90. The van der Waals surface area contributed by atoms with Crippen LogP contribution in [0, 0.1) is 5.92 Å². The van der Waals surface area contributed by atoms with Crippen LogP contribution < -0.4 is 0 Å². The van der Waals surface area contributed by atoms with E-state index in [9.17, 15) is 9.90 Å². The Kier molecular flexibility index (Phi) is 3.97. The molecule has 0 bridgehead atoms. The van der Waals surface area contributed by atoms with Gasteiger partial charge in [-0.05, 0) is 34.7 Å². The molecule has 0 aromatic heterocycles. The molecular weight excluding hydrogens is 204 g/mol. The number of carboxylic acids is 1. The maximum atomic E-state index is 11.2. The zero-order valence-corrected chi connectivity index (χ0v) is 11.0.